The third-order valence-electron chi connectivity index (χ3n) is 3.96. The van der Waals surface area contributed by atoms with Crippen molar-refractivity contribution in [2.24, 2.45) is 5.92 Å². The Balaban J connectivity index is 1.63. The van der Waals surface area contributed by atoms with Crippen LogP contribution in [0.3, 0.4) is 0 Å². The molecule has 1 saturated carbocycles. The Morgan fingerprint density at radius 3 is 2.12 bits per heavy atom. The summed E-state index contributed by atoms with van der Waals surface area (Å²) in [5.74, 6) is -2.12. The largest absolute Gasteiger partial charge is 0.425 e. The molecule has 6 nitrogen and oxygen atoms in total. The monoisotopic (exact) mass is 340 g/mol. The molecule has 0 heterocycles. The Hall–Kier alpha value is -3.15. The molecule has 1 aliphatic rings. The van der Waals surface area contributed by atoms with Gasteiger partial charge >= 0.3 is 17.9 Å². The van der Waals surface area contributed by atoms with Gasteiger partial charge in [0.25, 0.3) is 0 Å². The molecule has 0 unspecified atom stereocenters. The Labute approximate surface area is 144 Å². The molecule has 128 valence electrons. The van der Waals surface area contributed by atoms with Crippen molar-refractivity contribution in [3.63, 3.8) is 0 Å². The van der Waals surface area contributed by atoms with Crippen LogP contribution in [0.25, 0.3) is 0 Å². The lowest BCUT2D eigenvalue weighted by molar-refractivity contribution is -0.187. The van der Waals surface area contributed by atoms with Crippen molar-refractivity contribution in [2.75, 3.05) is 0 Å². The zero-order valence-corrected chi connectivity index (χ0v) is 13.3. The quantitative estimate of drug-likeness (QED) is 0.368. The Morgan fingerprint density at radius 2 is 1.44 bits per heavy atom. The molecule has 0 bridgehead atoms. The average molecular weight is 340 g/mol. The molecule has 0 saturated heterocycles. The first-order valence-corrected chi connectivity index (χ1v) is 7.94. The van der Waals surface area contributed by atoms with E-state index in [2.05, 4.69) is 9.78 Å². The number of ether oxygens (including phenoxy) is 1. The van der Waals surface area contributed by atoms with E-state index in [4.69, 9.17) is 4.74 Å². The lowest BCUT2D eigenvalue weighted by Crippen LogP contribution is -2.27. The van der Waals surface area contributed by atoms with E-state index in [0.29, 0.717) is 0 Å². The number of benzene rings is 2. The minimum atomic E-state index is -0.915. The van der Waals surface area contributed by atoms with Crippen LogP contribution in [-0.4, -0.2) is 17.9 Å². The number of para-hydroxylation sites is 1. The fourth-order valence-corrected chi connectivity index (χ4v) is 2.30. The highest BCUT2D eigenvalue weighted by Crippen LogP contribution is 2.29. The van der Waals surface area contributed by atoms with Gasteiger partial charge in [-0.25, -0.2) is 19.4 Å². The normalized spacial score (nSPS) is 13.4. The van der Waals surface area contributed by atoms with Gasteiger partial charge in [-0.3, -0.25) is 4.79 Å². The molecule has 3 rings (SSSR count). The SMILES string of the molecule is O=C(OOC(=O)c1ccccc1OC(=O)C1CCC1)c1ccccc1. The van der Waals surface area contributed by atoms with Crippen LogP contribution in [0.4, 0.5) is 0 Å². The highest BCUT2D eigenvalue weighted by atomic mass is 17.2. The standard InChI is InChI=1S/C19H16O6/c20-17(13-9-6-10-13)23-16-12-5-4-11-15(16)19(22)25-24-18(21)14-7-2-1-3-8-14/h1-5,7-8,11-13H,6,9-10H2. The topological polar surface area (TPSA) is 78.9 Å². The summed E-state index contributed by atoms with van der Waals surface area (Å²) in [5, 5.41) is 0. The van der Waals surface area contributed by atoms with Gasteiger partial charge < -0.3 is 4.74 Å². The molecule has 0 N–H and O–H groups in total. The van der Waals surface area contributed by atoms with Crippen molar-refractivity contribution in [3.8, 4) is 5.75 Å². The van der Waals surface area contributed by atoms with Gasteiger partial charge in [0.1, 0.15) is 11.3 Å². The zero-order chi connectivity index (χ0) is 17.6. The van der Waals surface area contributed by atoms with Gasteiger partial charge in [-0.2, -0.15) is 0 Å². The minimum absolute atomic E-state index is 0.0102. The second-order valence-corrected chi connectivity index (χ2v) is 5.65. The van der Waals surface area contributed by atoms with Crippen LogP contribution in [-0.2, 0) is 14.6 Å². The summed E-state index contributed by atoms with van der Waals surface area (Å²) < 4.78 is 5.28. The number of rotatable bonds is 4. The smallest absolute Gasteiger partial charge is 0.390 e. The number of carbonyl (C=O) groups is 3. The minimum Gasteiger partial charge on any atom is -0.425 e. The Kier molecular flexibility index (Phi) is 5.09. The first-order valence-electron chi connectivity index (χ1n) is 7.94. The van der Waals surface area contributed by atoms with E-state index >= 15 is 0 Å². The van der Waals surface area contributed by atoms with Crippen LogP contribution in [0.2, 0.25) is 0 Å². The van der Waals surface area contributed by atoms with E-state index in [0.717, 1.165) is 19.3 Å². The maximum atomic E-state index is 12.1. The summed E-state index contributed by atoms with van der Waals surface area (Å²) >= 11 is 0. The molecule has 2 aromatic carbocycles. The maximum Gasteiger partial charge on any atom is 0.390 e. The third kappa shape index (κ3) is 4.03. The summed E-state index contributed by atoms with van der Waals surface area (Å²) in [7, 11) is 0. The number of hydrogen-bond donors (Lipinski definition) is 0. The van der Waals surface area contributed by atoms with Gasteiger partial charge in [0, 0.05) is 0 Å². The summed E-state index contributed by atoms with van der Waals surface area (Å²) in [5.41, 5.74) is 0.260. The second kappa shape index (κ2) is 7.61. The molecule has 1 fully saturated rings. The van der Waals surface area contributed by atoms with E-state index in [1.807, 2.05) is 0 Å². The number of hydrogen-bond acceptors (Lipinski definition) is 6. The van der Waals surface area contributed by atoms with Crippen LogP contribution >= 0.6 is 0 Å². The molecule has 0 spiro atoms. The predicted molar refractivity (Wildman–Crippen MR) is 86.7 cm³/mol. The number of esters is 1. The molecule has 25 heavy (non-hydrogen) atoms. The Bertz CT molecular complexity index is 780. The molecule has 0 radical (unpaired) electrons. The second-order valence-electron chi connectivity index (χ2n) is 5.65. The molecular formula is C19H16O6. The summed E-state index contributed by atoms with van der Waals surface area (Å²) in [6, 6.07) is 14.3. The highest BCUT2D eigenvalue weighted by molar-refractivity contribution is 5.95. The number of carbonyl (C=O) groups excluding carboxylic acids is 3. The summed E-state index contributed by atoms with van der Waals surface area (Å²) in [6.45, 7) is 0. The Morgan fingerprint density at radius 1 is 0.800 bits per heavy atom. The third-order valence-corrected chi connectivity index (χ3v) is 3.96. The van der Waals surface area contributed by atoms with Crippen molar-refractivity contribution < 1.29 is 28.9 Å². The van der Waals surface area contributed by atoms with E-state index in [1.54, 1.807) is 30.3 Å². The molecule has 6 heteroatoms. The van der Waals surface area contributed by atoms with E-state index in [-0.39, 0.29) is 28.8 Å². The maximum absolute atomic E-state index is 12.1. The van der Waals surface area contributed by atoms with Crippen molar-refractivity contribution in [1.29, 1.82) is 0 Å². The van der Waals surface area contributed by atoms with E-state index in [9.17, 15) is 14.4 Å². The molecule has 0 amide bonds. The van der Waals surface area contributed by atoms with Gasteiger partial charge in [-0.1, -0.05) is 36.8 Å². The highest BCUT2D eigenvalue weighted by Gasteiger charge is 2.28. The van der Waals surface area contributed by atoms with Gasteiger partial charge in [0.2, 0.25) is 0 Å². The fourth-order valence-electron chi connectivity index (χ4n) is 2.30. The van der Waals surface area contributed by atoms with Crippen molar-refractivity contribution in [1.82, 2.24) is 0 Å². The summed E-state index contributed by atoms with van der Waals surface area (Å²) in [4.78, 5) is 45.0. The first-order chi connectivity index (χ1) is 12.1. The molecule has 0 aliphatic heterocycles. The molecule has 0 atom stereocenters. The van der Waals surface area contributed by atoms with Crippen LogP contribution < -0.4 is 4.74 Å². The van der Waals surface area contributed by atoms with Crippen molar-refractivity contribution in [3.05, 3.63) is 65.7 Å². The molecular weight excluding hydrogens is 324 g/mol. The van der Waals surface area contributed by atoms with Crippen LogP contribution in [0.15, 0.2) is 54.6 Å². The van der Waals surface area contributed by atoms with Gasteiger partial charge in [0.05, 0.1) is 11.5 Å². The average Bonchev–Trinajstić information content (AvgIpc) is 2.59. The first kappa shape index (κ1) is 16.7. The van der Waals surface area contributed by atoms with Crippen LogP contribution in [0, 0.1) is 5.92 Å². The van der Waals surface area contributed by atoms with Crippen molar-refractivity contribution in [2.45, 2.75) is 19.3 Å². The fraction of sp³-hybridized carbons (Fsp3) is 0.211. The van der Waals surface area contributed by atoms with Crippen LogP contribution in [0.1, 0.15) is 40.0 Å². The lowest BCUT2D eigenvalue weighted by Gasteiger charge is -2.23. The van der Waals surface area contributed by atoms with Gasteiger partial charge in [-0.15, -0.1) is 0 Å². The molecule has 1 aliphatic carbocycles. The summed E-state index contributed by atoms with van der Waals surface area (Å²) in [6.07, 6.45) is 2.58. The van der Waals surface area contributed by atoms with E-state index < -0.39 is 11.9 Å². The van der Waals surface area contributed by atoms with Crippen LogP contribution in [0.5, 0.6) is 5.75 Å². The van der Waals surface area contributed by atoms with E-state index in [1.165, 1.54) is 24.3 Å². The zero-order valence-electron chi connectivity index (χ0n) is 13.3. The lowest BCUT2D eigenvalue weighted by atomic mass is 9.86. The van der Waals surface area contributed by atoms with Gasteiger partial charge in [-0.05, 0) is 37.1 Å². The predicted octanol–water partition coefficient (Wildman–Crippen LogP) is 3.32. The van der Waals surface area contributed by atoms with Crippen molar-refractivity contribution >= 4 is 17.9 Å². The van der Waals surface area contributed by atoms with Gasteiger partial charge in [0.15, 0.2) is 0 Å². The molecule has 0 aromatic heterocycles. The molecule has 2 aromatic rings.